The Labute approximate surface area is 125 Å². The molecule has 1 aliphatic carbocycles. The molecule has 2 amide bonds. The van der Waals surface area contributed by atoms with Crippen LogP contribution < -0.4 is 11.1 Å². The van der Waals surface area contributed by atoms with Crippen LogP contribution in [0.5, 0.6) is 0 Å². The summed E-state index contributed by atoms with van der Waals surface area (Å²) in [5, 5.41) is 2.68. The van der Waals surface area contributed by atoms with E-state index < -0.39 is 0 Å². The lowest BCUT2D eigenvalue weighted by Crippen LogP contribution is -2.41. The highest BCUT2D eigenvalue weighted by molar-refractivity contribution is 5.96. The fourth-order valence-electron chi connectivity index (χ4n) is 2.20. The molecule has 0 saturated heterocycles. The van der Waals surface area contributed by atoms with Gasteiger partial charge in [-0.3, -0.25) is 9.59 Å². The van der Waals surface area contributed by atoms with Crippen LogP contribution in [-0.4, -0.2) is 36.3 Å². The van der Waals surface area contributed by atoms with Gasteiger partial charge >= 0.3 is 0 Å². The number of nitrogens with zero attached hydrogens (tertiary/aromatic N) is 1. The molecule has 0 aliphatic heterocycles. The van der Waals surface area contributed by atoms with Crippen molar-refractivity contribution in [2.24, 2.45) is 5.92 Å². The lowest BCUT2D eigenvalue weighted by molar-refractivity contribution is -0.130. The first kappa shape index (κ1) is 15.4. The van der Waals surface area contributed by atoms with Gasteiger partial charge in [0.05, 0.1) is 6.54 Å². The minimum absolute atomic E-state index is 0.00690. The summed E-state index contributed by atoms with van der Waals surface area (Å²) >= 11 is 0. The maximum atomic E-state index is 12.2. The zero-order valence-corrected chi connectivity index (χ0v) is 12.5. The van der Waals surface area contributed by atoms with Crippen LogP contribution in [0.1, 0.15) is 36.5 Å². The minimum atomic E-state index is -0.244. The molecule has 21 heavy (non-hydrogen) atoms. The van der Waals surface area contributed by atoms with Crippen LogP contribution in [-0.2, 0) is 4.79 Å². The zero-order chi connectivity index (χ0) is 15.2. The van der Waals surface area contributed by atoms with E-state index in [1.54, 1.807) is 24.3 Å². The fourth-order valence-corrected chi connectivity index (χ4v) is 2.20. The molecule has 1 aliphatic rings. The second-order valence-corrected chi connectivity index (χ2v) is 5.59. The Morgan fingerprint density at radius 1 is 1.29 bits per heavy atom. The molecule has 5 nitrogen and oxygen atoms in total. The maximum absolute atomic E-state index is 12.2. The van der Waals surface area contributed by atoms with Crippen molar-refractivity contribution in [3.05, 3.63) is 29.8 Å². The van der Waals surface area contributed by atoms with Gasteiger partial charge in [0, 0.05) is 24.3 Å². The van der Waals surface area contributed by atoms with Crippen molar-refractivity contribution in [2.75, 3.05) is 25.4 Å². The molecule has 1 fully saturated rings. The Balaban J connectivity index is 1.83. The van der Waals surface area contributed by atoms with Crippen molar-refractivity contribution in [1.82, 2.24) is 10.2 Å². The van der Waals surface area contributed by atoms with Crippen molar-refractivity contribution in [3.63, 3.8) is 0 Å². The number of nitrogens with two attached hydrogens (primary N) is 1. The normalized spacial score (nSPS) is 13.8. The lowest BCUT2D eigenvalue weighted by Gasteiger charge is -2.22. The quantitative estimate of drug-likeness (QED) is 0.749. The van der Waals surface area contributed by atoms with Crippen LogP contribution in [0, 0.1) is 5.92 Å². The molecule has 5 heteroatoms. The monoisotopic (exact) mass is 289 g/mol. The third-order valence-corrected chi connectivity index (χ3v) is 3.59. The third-order valence-electron chi connectivity index (χ3n) is 3.59. The highest BCUT2D eigenvalue weighted by Gasteiger charge is 2.26. The lowest BCUT2D eigenvalue weighted by atomic mass is 10.2. The molecule has 3 N–H and O–H groups in total. The first-order valence-electron chi connectivity index (χ1n) is 7.51. The van der Waals surface area contributed by atoms with E-state index >= 15 is 0 Å². The number of carbonyl (C=O) groups is 2. The van der Waals surface area contributed by atoms with Gasteiger partial charge in [-0.2, -0.15) is 0 Å². The van der Waals surface area contributed by atoms with Crippen molar-refractivity contribution in [1.29, 1.82) is 0 Å². The van der Waals surface area contributed by atoms with Crippen molar-refractivity contribution in [3.8, 4) is 0 Å². The Kier molecular flexibility index (Phi) is 5.20. The third kappa shape index (κ3) is 4.77. The predicted molar refractivity (Wildman–Crippen MR) is 82.8 cm³/mol. The first-order valence-corrected chi connectivity index (χ1v) is 7.51. The number of amides is 2. The summed E-state index contributed by atoms with van der Waals surface area (Å²) in [6, 6.07) is 6.66. The number of rotatable bonds is 7. The molecule has 0 radical (unpaired) electrons. The second kappa shape index (κ2) is 7.11. The van der Waals surface area contributed by atoms with Gasteiger partial charge < -0.3 is 16.0 Å². The van der Waals surface area contributed by atoms with E-state index in [1.165, 1.54) is 12.8 Å². The number of hydrogen-bond donors (Lipinski definition) is 2. The highest BCUT2D eigenvalue weighted by atomic mass is 16.2. The van der Waals surface area contributed by atoms with Gasteiger partial charge in [-0.25, -0.2) is 0 Å². The average Bonchev–Trinajstić information content (AvgIpc) is 3.28. The molecule has 0 unspecified atom stereocenters. The number of nitrogen functional groups attached to an aromatic ring is 1. The predicted octanol–water partition coefficient (Wildman–Crippen LogP) is 1.65. The van der Waals surface area contributed by atoms with E-state index in [0.29, 0.717) is 17.2 Å². The smallest absolute Gasteiger partial charge is 0.251 e. The van der Waals surface area contributed by atoms with E-state index in [1.807, 2.05) is 4.90 Å². The summed E-state index contributed by atoms with van der Waals surface area (Å²) in [7, 11) is 0. The van der Waals surface area contributed by atoms with Gasteiger partial charge in [-0.05, 0) is 49.4 Å². The standard InChI is InChI=1S/C16H23N3O2/c1-2-9-19(11-12-3-4-12)15(20)10-18-16(21)13-5-7-14(17)8-6-13/h5-8,12H,2-4,9-11,17H2,1H3,(H,18,21). The summed E-state index contributed by atoms with van der Waals surface area (Å²) in [6.45, 7) is 3.69. The van der Waals surface area contributed by atoms with Crippen LogP contribution in [0.4, 0.5) is 5.69 Å². The average molecular weight is 289 g/mol. The molecule has 0 heterocycles. The zero-order valence-electron chi connectivity index (χ0n) is 12.5. The van der Waals surface area contributed by atoms with Crippen LogP contribution in [0.25, 0.3) is 0 Å². The number of benzene rings is 1. The summed E-state index contributed by atoms with van der Waals surface area (Å²) in [6.07, 6.45) is 3.36. The Morgan fingerprint density at radius 2 is 1.95 bits per heavy atom. The summed E-state index contributed by atoms with van der Waals surface area (Å²) in [5.41, 5.74) is 6.71. The van der Waals surface area contributed by atoms with E-state index in [9.17, 15) is 9.59 Å². The summed E-state index contributed by atoms with van der Waals surface area (Å²) < 4.78 is 0. The Morgan fingerprint density at radius 3 is 2.52 bits per heavy atom. The van der Waals surface area contributed by atoms with Gasteiger partial charge in [0.15, 0.2) is 0 Å². The minimum Gasteiger partial charge on any atom is -0.399 e. The molecular weight excluding hydrogens is 266 g/mol. The molecule has 0 spiro atoms. The van der Waals surface area contributed by atoms with Crippen LogP contribution in [0.3, 0.4) is 0 Å². The number of nitrogens with one attached hydrogen (secondary N) is 1. The largest absolute Gasteiger partial charge is 0.399 e. The van der Waals surface area contributed by atoms with Crippen LogP contribution in [0.2, 0.25) is 0 Å². The maximum Gasteiger partial charge on any atom is 0.251 e. The van der Waals surface area contributed by atoms with Gasteiger partial charge in [-0.15, -0.1) is 0 Å². The van der Waals surface area contributed by atoms with E-state index in [4.69, 9.17) is 5.73 Å². The van der Waals surface area contributed by atoms with E-state index in [-0.39, 0.29) is 18.4 Å². The SMILES string of the molecule is CCCN(CC1CC1)C(=O)CNC(=O)c1ccc(N)cc1. The van der Waals surface area contributed by atoms with Gasteiger partial charge in [0.1, 0.15) is 0 Å². The highest BCUT2D eigenvalue weighted by Crippen LogP contribution is 2.29. The molecule has 0 bridgehead atoms. The van der Waals surface area contributed by atoms with E-state index in [2.05, 4.69) is 12.2 Å². The number of hydrogen-bond acceptors (Lipinski definition) is 3. The number of anilines is 1. The summed E-state index contributed by atoms with van der Waals surface area (Å²) in [4.78, 5) is 26.0. The molecule has 1 aromatic rings. The number of carbonyl (C=O) groups excluding carboxylic acids is 2. The molecule has 0 aromatic heterocycles. The Hall–Kier alpha value is -2.04. The first-order chi connectivity index (χ1) is 10.1. The van der Waals surface area contributed by atoms with E-state index in [0.717, 1.165) is 19.5 Å². The topological polar surface area (TPSA) is 75.4 Å². The van der Waals surface area contributed by atoms with Crippen molar-refractivity contribution in [2.45, 2.75) is 26.2 Å². The van der Waals surface area contributed by atoms with Crippen LogP contribution in [0.15, 0.2) is 24.3 Å². The van der Waals surface area contributed by atoms with Crippen LogP contribution >= 0.6 is 0 Å². The Bertz CT molecular complexity index is 495. The summed E-state index contributed by atoms with van der Waals surface area (Å²) in [5.74, 6) is 0.409. The van der Waals surface area contributed by atoms with Gasteiger partial charge in [0.2, 0.25) is 5.91 Å². The van der Waals surface area contributed by atoms with Crippen molar-refractivity contribution >= 4 is 17.5 Å². The van der Waals surface area contributed by atoms with Gasteiger partial charge in [-0.1, -0.05) is 6.92 Å². The molecular formula is C16H23N3O2. The molecule has 1 saturated carbocycles. The fraction of sp³-hybridized carbons (Fsp3) is 0.500. The van der Waals surface area contributed by atoms with Gasteiger partial charge in [0.25, 0.3) is 5.91 Å². The molecule has 1 aromatic carbocycles. The molecule has 114 valence electrons. The second-order valence-electron chi connectivity index (χ2n) is 5.59. The molecule has 2 rings (SSSR count). The van der Waals surface area contributed by atoms with Crippen molar-refractivity contribution < 1.29 is 9.59 Å². The molecule has 0 atom stereocenters.